The van der Waals surface area contributed by atoms with E-state index in [1.165, 1.54) is 12.1 Å². The van der Waals surface area contributed by atoms with Gasteiger partial charge in [0.1, 0.15) is 11.6 Å². The van der Waals surface area contributed by atoms with E-state index >= 15 is 0 Å². The zero-order chi connectivity index (χ0) is 32.8. The summed E-state index contributed by atoms with van der Waals surface area (Å²) in [6, 6.07) is 6.57. The average Bonchev–Trinajstić information content (AvgIpc) is 3.38. The molecule has 45 heavy (non-hydrogen) atoms. The van der Waals surface area contributed by atoms with Crippen molar-refractivity contribution in [2.24, 2.45) is 0 Å². The molecule has 3 aromatic rings. The van der Waals surface area contributed by atoms with Crippen LogP contribution in [0.1, 0.15) is 81.6 Å². The van der Waals surface area contributed by atoms with Crippen molar-refractivity contribution in [2.45, 2.75) is 91.3 Å². The second-order valence-electron chi connectivity index (χ2n) is 12.6. The van der Waals surface area contributed by atoms with Crippen LogP contribution in [0.5, 0.6) is 0 Å². The normalized spacial score (nSPS) is 15.7. The van der Waals surface area contributed by atoms with Crippen LogP contribution < -0.4 is 4.90 Å². The van der Waals surface area contributed by atoms with Crippen LogP contribution in [-0.2, 0) is 43.4 Å². The van der Waals surface area contributed by atoms with Gasteiger partial charge in [-0.15, -0.1) is 13.2 Å². The number of ether oxygens (including phenoxy) is 4. The molecule has 1 aromatic carbocycles. The first-order chi connectivity index (χ1) is 21.4. The van der Waals surface area contributed by atoms with Crippen molar-refractivity contribution < 1.29 is 28.1 Å². The number of allylic oxidation sites excluding steroid dienone is 1. The molecule has 244 valence electrons. The van der Waals surface area contributed by atoms with Crippen LogP contribution in [-0.4, -0.2) is 58.1 Å². The number of fused-ring (bicyclic) bond motifs is 1. The number of aryl methyl sites for hydroxylation is 1. The maximum absolute atomic E-state index is 13.8. The van der Waals surface area contributed by atoms with Crippen LogP contribution in [0.25, 0.3) is 5.65 Å². The fourth-order valence-corrected chi connectivity index (χ4v) is 5.58. The minimum Gasteiger partial charge on any atom is -0.464 e. The van der Waals surface area contributed by atoms with Gasteiger partial charge in [0.05, 0.1) is 48.9 Å². The predicted molar refractivity (Wildman–Crippen MR) is 173 cm³/mol. The maximum Gasteiger partial charge on any atom is 0.340 e. The number of carbonyl (C=O) groups is 1. The smallest absolute Gasteiger partial charge is 0.340 e. The van der Waals surface area contributed by atoms with Gasteiger partial charge in [-0.2, -0.15) is 9.61 Å². The van der Waals surface area contributed by atoms with Crippen LogP contribution in [0.2, 0.25) is 0 Å². The van der Waals surface area contributed by atoms with Crippen molar-refractivity contribution in [1.29, 1.82) is 0 Å². The Morgan fingerprint density at radius 1 is 1.13 bits per heavy atom. The summed E-state index contributed by atoms with van der Waals surface area (Å²) in [5, 5.41) is 4.92. The molecular formula is C35H47FN4O5. The van der Waals surface area contributed by atoms with E-state index in [0.717, 1.165) is 29.8 Å². The molecule has 0 saturated carbocycles. The first kappa shape index (κ1) is 34.3. The zero-order valence-electron chi connectivity index (χ0n) is 27.5. The third-order valence-corrected chi connectivity index (χ3v) is 7.80. The molecule has 1 atom stereocenters. The Morgan fingerprint density at radius 3 is 2.51 bits per heavy atom. The van der Waals surface area contributed by atoms with E-state index < -0.39 is 17.7 Å². The first-order valence-corrected chi connectivity index (χ1v) is 15.6. The molecule has 0 bridgehead atoms. The number of nitrogens with zero attached hydrogens (tertiary/aromatic N) is 4. The molecule has 1 fully saturated rings. The summed E-state index contributed by atoms with van der Waals surface area (Å²) >= 11 is 0. The molecule has 1 aliphatic rings. The van der Waals surface area contributed by atoms with Crippen molar-refractivity contribution >= 4 is 17.4 Å². The van der Waals surface area contributed by atoms with Crippen LogP contribution in [0, 0.1) is 12.7 Å². The Hall–Kier alpha value is -3.60. The van der Waals surface area contributed by atoms with E-state index in [9.17, 15) is 9.18 Å². The standard InChI is InChI=1S/C35H47FN4O5/c1-9-12-25-20-27(36)14-13-26(25)22-42-23-28-21-29-37-24(4)30(31(33(41)43-11-3)45-34(5,6)7)32(40(29)38-28)39-17-15-35(8,16-18-39)44-19-10-2/h9-10,13-14,20-21,31H,1-2,11-12,15-19,22-23H2,3-8H3. The van der Waals surface area contributed by atoms with E-state index in [4.69, 9.17) is 29.0 Å². The molecular weight excluding hydrogens is 575 g/mol. The summed E-state index contributed by atoms with van der Waals surface area (Å²) in [4.78, 5) is 20.5. The molecule has 3 heterocycles. The van der Waals surface area contributed by atoms with Crippen molar-refractivity contribution in [3.8, 4) is 0 Å². The number of benzene rings is 1. The Bertz CT molecular complexity index is 1500. The lowest BCUT2D eigenvalue weighted by Crippen LogP contribution is -2.45. The minimum atomic E-state index is -1.01. The summed E-state index contributed by atoms with van der Waals surface area (Å²) in [5.41, 5.74) is 3.39. The monoisotopic (exact) mass is 622 g/mol. The van der Waals surface area contributed by atoms with Gasteiger partial charge in [-0.3, -0.25) is 0 Å². The summed E-state index contributed by atoms with van der Waals surface area (Å²) in [6.07, 6.45) is 4.60. The van der Waals surface area contributed by atoms with Gasteiger partial charge in [0, 0.05) is 24.8 Å². The van der Waals surface area contributed by atoms with Gasteiger partial charge in [0.2, 0.25) is 0 Å². The lowest BCUT2D eigenvalue weighted by atomic mass is 9.92. The molecule has 1 unspecified atom stereocenters. The van der Waals surface area contributed by atoms with Crippen LogP contribution in [0.4, 0.5) is 10.2 Å². The van der Waals surface area contributed by atoms with E-state index in [0.29, 0.717) is 55.3 Å². The highest BCUT2D eigenvalue weighted by atomic mass is 19.1. The molecule has 1 aliphatic heterocycles. The van der Waals surface area contributed by atoms with Crippen LogP contribution >= 0.6 is 0 Å². The number of piperidine rings is 1. The first-order valence-electron chi connectivity index (χ1n) is 15.6. The quantitative estimate of drug-likeness (QED) is 0.147. The molecule has 1 saturated heterocycles. The molecule has 10 heteroatoms. The second-order valence-corrected chi connectivity index (χ2v) is 12.6. The Labute approximate surface area is 266 Å². The summed E-state index contributed by atoms with van der Waals surface area (Å²) in [5.74, 6) is -0.0226. The number of halogens is 1. The molecule has 2 aromatic heterocycles. The van der Waals surface area contributed by atoms with E-state index in [1.807, 2.05) is 33.8 Å². The summed E-state index contributed by atoms with van der Waals surface area (Å²) < 4.78 is 39.7. The maximum atomic E-state index is 13.8. The van der Waals surface area contributed by atoms with E-state index in [-0.39, 0.29) is 24.6 Å². The third kappa shape index (κ3) is 8.56. The van der Waals surface area contributed by atoms with Gasteiger partial charge in [-0.05, 0) is 84.1 Å². The Balaban J connectivity index is 1.73. The number of aromatic nitrogens is 3. The Kier molecular flexibility index (Phi) is 11.2. The summed E-state index contributed by atoms with van der Waals surface area (Å²) in [7, 11) is 0. The number of anilines is 1. The highest BCUT2D eigenvalue weighted by molar-refractivity contribution is 5.80. The van der Waals surface area contributed by atoms with Crippen molar-refractivity contribution in [2.75, 3.05) is 31.2 Å². The Morgan fingerprint density at radius 2 is 1.87 bits per heavy atom. The van der Waals surface area contributed by atoms with Gasteiger partial charge in [0.15, 0.2) is 11.8 Å². The van der Waals surface area contributed by atoms with Crippen LogP contribution in [0.15, 0.2) is 49.6 Å². The van der Waals surface area contributed by atoms with Crippen molar-refractivity contribution in [3.05, 3.63) is 83.5 Å². The van der Waals surface area contributed by atoms with Gasteiger partial charge in [0.25, 0.3) is 0 Å². The van der Waals surface area contributed by atoms with Gasteiger partial charge >= 0.3 is 5.97 Å². The van der Waals surface area contributed by atoms with Gasteiger partial charge in [-0.25, -0.2) is 14.2 Å². The molecule has 4 rings (SSSR count). The molecule has 0 N–H and O–H groups in total. The molecule has 0 amide bonds. The van der Waals surface area contributed by atoms with Crippen molar-refractivity contribution in [3.63, 3.8) is 0 Å². The SMILES string of the molecule is C=CCOC1(C)CCN(c2c(C(OC(C)(C)C)C(=O)OCC)c(C)nc3cc(COCc4ccc(F)cc4CC=C)nn23)CC1. The fourth-order valence-electron chi connectivity index (χ4n) is 5.58. The average molecular weight is 623 g/mol. The molecule has 0 spiro atoms. The summed E-state index contributed by atoms with van der Waals surface area (Å²) in [6.45, 7) is 21.7. The van der Waals surface area contributed by atoms with Crippen LogP contribution in [0.3, 0.4) is 0 Å². The van der Waals surface area contributed by atoms with Gasteiger partial charge in [-0.1, -0.05) is 18.2 Å². The molecule has 0 aliphatic carbocycles. The van der Waals surface area contributed by atoms with E-state index in [1.54, 1.807) is 29.7 Å². The molecule has 9 nitrogen and oxygen atoms in total. The number of rotatable bonds is 14. The zero-order valence-corrected chi connectivity index (χ0v) is 27.5. The second kappa shape index (κ2) is 14.7. The highest BCUT2D eigenvalue weighted by Gasteiger charge is 2.38. The number of carbonyl (C=O) groups excluding carboxylic acids is 1. The largest absolute Gasteiger partial charge is 0.464 e. The topological polar surface area (TPSA) is 87.4 Å². The lowest BCUT2D eigenvalue weighted by Gasteiger charge is -2.41. The number of esters is 1. The fraction of sp³-hybridized carbons (Fsp3) is 0.514. The predicted octanol–water partition coefficient (Wildman–Crippen LogP) is 6.60. The lowest BCUT2D eigenvalue weighted by molar-refractivity contribution is -0.166. The minimum absolute atomic E-state index is 0.218. The van der Waals surface area contributed by atoms with E-state index in [2.05, 4.69) is 25.0 Å². The van der Waals surface area contributed by atoms with Gasteiger partial charge < -0.3 is 23.8 Å². The third-order valence-electron chi connectivity index (χ3n) is 7.80. The number of hydrogen-bond donors (Lipinski definition) is 0. The number of hydrogen-bond acceptors (Lipinski definition) is 8. The molecule has 0 radical (unpaired) electrons. The van der Waals surface area contributed by atoms with Crippen molar-refractivity contribution in [1.82, 2.24) is 14.6 Å². The highest BCUT2D eigenvalue weighted by Crippen LogP contribution is 2.38.